The first kappa shape index (κ1) is 20.9. The minimum absolute atomic E-state index is 0.0299. The maximum absolute atomic E-state index is 12.4. The van der Waals surface area contributed by atoms with Crippen molar-refractivity contribution in [2.45, 2.75) is 25.7 Å². The summed E-state index contributed by atoms with van der Waals surface area (Å²) in [6.45, 7) is 5.86. The number of urea groups is 1. The molecule has 7 heteroatoms. The predicted octanol–water partition coefficient (Wildman–Crippen LogP) is 2.74. The van der Waals surface area contributed by atoms with Gasteiger partial charge >= 0.3 is 12.0 Å². The number of benzene rings is 1. The number of carbonyl (C=O) groups excluding carboxylic acids is 1. The summed E-state index contributed by atoms with van der Waals surface area (Å²) in [7, 11) is 1.66. The van der Waals surface area contributed by atoms with E-state index < -0.39 is 5.97 Å². The minimum Gasteiger partial charge on any atom is -0.497 e. The van der Waals surface area contributed by atoms with Crippen LogP contribution in [0.25, 0.3) is 0 Å². The maximum Gasteiger partial charge on any atom is 0.317 e. The van der Waals surface area contributed by atoms with Crippen molar-refractivity contribution >= 4 is 17.7 Å². The monoisotopic (exact) mass is 399 g/mol. The lowest BCUT2D eigenvalue weighted by Gasteiger charge is -2.38. The highest BCUT2D eigenvalue weighted by Crippen LogP contribution is 2.32. The lowest BCUT2D eigenvalue weighted by atomic mass is 9.78. The average molecular weight is 399 g/mol. The number of rotatable bonds is 7. The number of nitrogens with zero attached hydrogens (tertiary/aromatic N) is 2. The van der Waals surface area contributed by atoms with Crippen LogP contribution in [0, 0.1) is 11.8 Å². The summed E-state index contributed by atoms with van der Waals surface area (Å²) in [6.07, 6.45) is 3.99. The van der Waals surface area contributed by atoms with Gasteiger partial charge in [-0.3, -0.25) is 9.79 Å². The molecule has 2 amide bonds. The van der Waals surface area contributed by atoms with Crippen molar-refractivity contribution < 1.29 is 19.4 Å². The number of amides is 2. The Morgan fingerprint density at radius 1 is 1.41 bits per heavy atom. The van der Waals surface area contributed by atoms with E-state index in [0.29, 0.717) is 32.5 Å². The summed E-state index contributed by atoms with van der Waals surface area (Å²) in [5.74, 6) is 0.125. The highest BCUT2D eigenvalue weighted by molar-refractivity contribution is 6.03. The number of fused-ring (bicyclic) bond motifs is 1. The van der Waals surface area contributed by atoms with Crippen molar-refractivity contribution in [3.8, 4) is 5.75 Å². The van der Waals surface area contributed by atoms with E-state index in [2.05, 4.69) is 18.0 Å². The molecule has 1 fully saturated rings. The summed E-state index contributed by atoms with van der Waals surface area (Å²) >= 11 is 0. The molecular weight excluding hydrogens is 370 g/mol. The Labute approximate surface area is 171 Å². The Hall–Kier alpha value is -2.83. The molecular formula is C22H29N3O4. The zero-order chi connectivity index (χ0) is 20.8. The SMILES string of the molecule is C=CCNC(=O)N1CCC(CC(=O)O)C(CC2=NCCc3cc(OC)ccc32)C1. The van der Waals surface area contributed by atoms with Crippen LogP contribution in [-0.2, 0) is 11.2 Å². The van der Waals surface area contributed by atoms with Gasteiger partial charge in [0.25, 0.3) is 0 Å². The molecule has 0 aromatic heterocycles. The first-order valence-corrected chi connectivity index (χ1v) is 10.1. The third-order valence-electron chi connectivity index (χ3n) is 5.78. The second kappa shape index (κ2) is 9.58. The van der Waals surface area contributed by atoms with Crippen LogP contribution >= 0.6 is 0 Å². The number of carboxylic acid groups (broad SMARTS) is 1. The highest BCUT2D eigenvalue weighted by Gasteiger charge is 2.34. The van der Waals surface area contributed by atoms with Gasteiger partial charge in [-0.1, -0.05) is 6.08 Å². The second-order valence-corrected chi connectivity index (χ2v) is 7.63. The van der Waals surface area contributed by atoms with Crippen molar-refractivity contribution in [3.63, 3.8) is 0 Å². The molecule has 29 heavy (non-hydrogen) atoms. The molecule has 0 aliphatic carbocycles. The van der Waals surface area contributed by atoms with Crippen LogP contribution in [-0.4, -0.2) is 61.0 Å². The van der Waals surface area contributed by atoms with Gasteiger partial charge in [0.05, 0.1) is 7.11 Å². The Morgan fingerprint density at radius 3 is 2.97 bits per heavy atom. The van der Waals surface area contributed by atoms with E-state index in [1.165, 1.54) is 5.56 Å². The summed E-state index contributed by atoms with van der Waals surface area (Å²) in [4.78, 5) is 30.3. The van der Waals surface area contributed by atoms with Gasteiger partial charge in [0.1, 0.15) is 5.75 Å². The van der Waals surface area contributed by atoms with Crippen molar-refractivity contribution in [1.82, 2.24) is 10.2 Å². The van der Waals surface area contributed by atoms with Crippen molar-refractivity contribution in [2.24, 2.45) is 16.8 Å². The first-order chi connectivity index (χ1) is 14.0. The highest BCUT2D eigenvalue weighted by atomic mass is 16.5. The fourth-order valence-electron chi connectivity index (χ4n) is 4.27. The number of methoxy groups -OCH3 is 1. The Kier molecular flexibility index (Phi) is 6.90. The minimum atomic E-state index is -0.791. The molecule has 2 aliphatic rings. The number of aliphatic carboxylic acids is 1. The van der Waals surface area contributed by atoms with Crippen LogP contribution in [0.2, 0.25) is 0 Å². The number of ether oxygens (including phenoxy) is 1. The number of piperidine rings is 1. The largest absolute Gasteiger partial charge is 0.497 e. The van der Waals surface area contributed by atoms with Gasteiger partial charge in [-0.2, -0.15) is 0 Å². The molecule has 2 aliphatic heterocycles. The summed E-state index contributed by atoms with van der Waals surface area (Å²) in [5.41, 5.74) is 3.32. The number of hydrogen-bond donors (Lipinski definition) is 2. The smallest absolute Gasteiger partial charge is 0.317 e. The molecule has 0 bridgehead atoms. The van der Waals surface area contributed by atoms with Crippen LogP contribution in [0.15, 0.2) is 35.8 Å². The molecule has 3 rings (SSSR count). The standard InChI is InChI=1S/C22H29N3O4/c1-3-8-24-22(28)25-10-7-15(13-21(26)27)17(14-25)12-20-19-5-4-18(29-2)11-16(19)6-9-23-20/h3-5,11,15,17H,1,6-10,12-14H2,2H3,(H,24,28)(H,26,27). The van der Waals surface area contributed by atoms with Crippen LogP contribution in [0.3, 0.4) is 0 Å². The van der Waals surface area contributed by atoms with E-state index in [0.717, 1.165) is 30.0 Å². The fourth-order valence-corrected chi connectivity index (χ4v) is 4.27. The molecule has 0 radical (unpaired) electrons. The van der Waals surface area contributed by atoms with E-state index in [9.17, 15) is 14.7 Å². The molecule has 2 N–H and O–H groups in total. The van der Waals surface area contributed by atoms with Gasteiger partial charge < -0.3 is 20.1 Å². The van der Waals surface area contributed by atoms with E-state index in [-0.39, 0.29) is 24.3 Å². The van der Waals surface area contributed by atoms with Crippen molar-refractivity contribution in [2.75, 3.05) is 33.3 Å². The fraction of sp³-hybridized carbons (Fsp3) is 0.500. The quantitative estimate of drug-likeness (QED) is 0.690. The average Bonchev–Trinajstić information content (AvgIpc) is 2.72. The Balaban J connectivity index is 1.77. The van der Waals surface area contributed by atoms with E-state index in [1.54, 1.807) is 18.1 Å². The third kappa shape index (κ3) is 5.16. The van der Waals surface area contributed by atoms with E-state index in [1.807, 2.05) is 12.1 Å². The Bertz CT molecular complexity index is 805. The van der Waals surface area contributed by atoms with E-state index in [4.69, 9.17) is 9.73 Å². The normalized spacial score (nSPS) is 21.0. The number of likely N-dealkylation sites (tertiary alicyclic amines) is 1. The Morgan fingerprint density at radius 2 is 2.24 bits per heavy atom. The van der Waals surface area contributed by atoms with Crippen LogP contribution in [0.5, 0.6) is 5.75 Å². The van der Waals surface area contributed by atoms with Gasteiger partial charge in [0, 0.05) is 38.3 Å². The van der Waals surface area contributed by atoms with E-state index >= 15 is 0 Å². The summed E-state index contributed by atoms with van der Waals surface area (Å²) in [6, 6.07) is 5.90. The van der Waals surface area contributed by atoms with Crippen LogP contribution < -0.4 is 10.1 Å². The summed E-state index contributed by atoms with van der Waals surface area (Å²) in [5, 5.41) is 12.2. The van der Waals surface area contributed by atoms with Crippen molar-refractivity contribution in [3.05, 3.63) is 42.0 Å². The zero-order valence-electron chi connectivity index (χ0n) is 16.9. The molecule has 2 unspecified atom stereocenters. The third-order valence-corrected chi connectivity index (χ3v) is 5.78. The molecule has 156 valence electrons. The topological polar surface area (TPSA) is 91.2 Å². The van der Waals surface area contributed by atoms with Crippen LogP contribution in [0.4, 0.5) is 4.79 Å². The van der Waals surface area contributed by atoms with Gasteiger partial charge in [-0.05, 0) is 60.4 Å². The van der Waals surface area contributed by atoms with Crippen molar-refractivity contribution in [1.29, 1.82) is 0 Å². The van der Waals surface area contributed by atoms with Gasteiger partial charge in [-0.25, -0.2) is 4.79 Å². The molecule has 2 atom stereocenters. The number of carboxylic acids is 1. The summed E-state index contributed by atoms with van der Waals surface area (Å²) < 4.78 is 5.34. The maximum atomic E-state index is 12.4. The predicted molar refractivity (Wildman–Crippen MR) is 112 cm³/mol. The molecule has 1 saturated heterocycles. The zero-order valence-corrected chi connectivity index (χ0v) is 16.9. The second-order valence-electron chi connectivity index (χ2n) is 7.63. The van der Waals surface area contributed by atoms with Gasteiger partial charge in [0.15, 0.2) is 0 Å². The number of hydrogen-bond acceptors (Lipinski definition) is 4. The van der Waals surface area contributed by atoms with Gasteiger partial charge in [0.2, 0.25) is 0 Å². The molecule has 7 nitrogen and oxygen atoms in total. The molecule has 0 spiro atoms. The lowest BCUT2D eigenvalue weighted by molar-refractivity contribution is -0.138. The molecule has 1 aromatic rings. The number of carbonyl (C=O) groups is 2. The van der Waals surface area contributed by atoms with Gasteiger partial charge in [-0.15, -0.1) is 6.58 Å². The molecule has 1 aromatic carbocycles. The number of aliphatic imine (C=N–C) groups is 1. The first-order valence-electron chi connectivity index (χ1n) is 10.1. The van der Waals surface area contributed by atoms with Crippen LogP contribution in [0.1, 0.15) is 30.4 Å². The molecule has 0 saturated carbocycles. The molecule has 2 heterocycles. The lowest BCUT2D eigenvalue weighted by Crippen LogP contribution is -2.49. The number of nitrogens with one attached hydrogen (secondary N) is 1.